The Morgan fingerprint density at radius 1 is 1.41 bits per heavy atom. The number of carbonyl (C=O) groups excluding carboxylic acids is 1. The molecule has 0 aromatic heterocycles. The monoisotopic (exact) mass is 239 g/mol. The first-order valence-electron chi connectivity index (χ1n) is 6.19. The summed E-state index contributed by atoms with van der Waals surface area (Å²) < 4.78 is 5.24. The Hall–Kier alpha value is -1.03. The van der Waals surface area contributed by atoms with E-state index in [4.69, 9.17) is 4.74 Å². The summed E-state index contributed by atoms with van der Waals surface area (Å²) in [5.41, 5.74) is -0.480. The molecular formula is C13H21NO3. The van der Waals surface area contributed by atoms with Gasteiger partial charge in [0.25, 0.3) is 0 Å². The van der Waals surface area contributed by atoms with E-state index in [-0.39, 0.29) is 24.7 Å². The summed E-state index contributed by atoms with van der Waals surface area (Å²) in [7, 11) is 0. The van der Waals surface area contributed by atoms with Crippen LogP contribution >= 0.6 is 0 Å². The molecule has 2 N–H and O–H groups in total. The first kappa shape index (κ1) is 12.4. The van der Waals surface area contributed by atoms with E-state index in [2.05, 4.69) is 17.5 Å². The van der Waals surface area contributed by atoms with Gasteiger partial charge in [-0.2, -0.15) is 0 Å². The second-order valence-electron chi connectivity index (χ2n) is 5.97. The smallest absolute Gasteiger partial charge is 0.407 e. The molecule has 4 heteroatoms. The summed E-state index contributed by atoms with van der Waals surface area (Å²) in [5.74, 6) is 0.895. The van der Waals surface area contributed by atoms with E-state index < -0.39 is 5.60 Å². The molecule has 1 amide bonds. The van der Waals surface area contributed by atoms with Crippen molar-refractivity contribution in [1.82, 2.24) is 5.32 Å². The van der Waals surface area contributed by atoms with Gasteiger partial charge in [0, 0.05) is 18.6 Å². The van der Waals surface area contributed by atoms with Crippen molar-refractivity contribution in [1.29, 1.82) is 0 Å². The number of aliphatic hydroxyl groups excluding tert-OH is 1. The molecule has 0 radical (unpaired) electrons. The molecular weight excluding hydrogens is 218 g/mol. The first-order valence-corrected chi connectivity index (χ1v) is 6.19. The standard InChI is InChI=1S/C13H21NO3/c1-13(2,3)17-12(16)14-11-9-5-4-8(6-9)10(11)7-15/h4-5,8-11,15H,6-7H2,1-3H3,(H,14,16). The van der Waals surface area contributed by atoms with Gasteiger partial charge in [-0.05, 0) is 39.0 Å². The second kappa shape index (κ2) is 4.33. The highest BCUT2D eigenvalue weighted by atomic mass is 16.6. The molecule has 0 spiro atoms. The van der Waals surface area contributed by atoms with Gasteiger partial charge in [-0.1, -0.05) is 12.2 Å². The lowest BCUT2D eigenvalue weighted by atomic mass is 9.90. The van der Waals surface area contributed by atoms with E-state index >= 15 is 0 Å². The predicted molar refractivity (Wildman–Crippen MR) is 64.5 cm³/mol. The molecule has 4 unspecified atom stereocenters. The number of hydrogen-bond donors (Lipinski definition) is 2. The van der Waals surface area contributed by atoms with Crippen molar-refractivity contribution in [2.24, 2.45) is 17.8 Å². The van der Waals surface area contributed by atoms with Crippen LogP contribution in [0.3, 0.4) is 0 Å². The van der Waals surface area contributed by atoms with Gasteiger partial charge in [0.1, 0.15) is 5.60 Å². The Balaban J connectivity index is 1.95. The SMILES string of the molecule is CC(C)(C)OC(=O)NC1C2C=CC(C2)C1CO. The Labute approximate surface area is 102 Å². The van der Waals surface area contributed by atoms with E-state index in [1.165, 1.54) is 0 Å². The highest BCUT2D eigenvalue weighted by Crippen LogP contribution is 2.43. The van der Waals surface area contributed by atoms with Crippen LogP contribution in [0.2, 0.25) is 0 Å². The molecule has 17 heavy (non-hydrogen) atoms. The number of fused-ring (bicyclic) bond motifs is 2. The van der Waals surface area contributed by atoms with Crippen LogP contribution in [0.5, 0.6) is 0 Å². The van der Waals surface area contributed by atoms with Gasteiger partial charge in [0.05, 0.1) is 0 Å². The van der Waals surface area contributed by atoms with Gasteiger partial charge in [-0.25, -0.2) is 4.79 Å². The number of rotatable bonds is 2. The van der Waals surface area contributed by atoms with Gasteiger partial charge < -0.3 is 15.2 Å². The minimum absolute atomic E-state index is 0.0184. The van der Waals surface area contributed by atoms with Gasteiger partial charge in [0.15, 0.2) is 0 Å². The third kappa shape index (κ3) is 2.63. The minimum atomic E-state index is -0.480. The number of hydrogen-bond acceptors (Lipinski definition) is 3. The topological polar surface area (TPSA) is 58.6 Å². The van der Waals surface area contributed by atoms with Crippen LogP contribution in [0.4, 0.5) is 4.79 Å². The number of carbonyl (C=O) groups is 1. The van der Waals surface area contributed by atoms with Gasteiger partial charge >= 0.3 is 6.09 Å². The Bertz CT molecular complexity index is 332. The van der Waals surface area contributed by atoms with Crippen molar-refractivity contribution in [3.63, 3.8) is 0 Å². The highest BCUT2D eigenvalue weighted by molar-refractivity contribution is 5.68. The van der Waals surface area contributed by atoms with Crippen molar-refractivity contribution in [2.45, 2.75) is 38.8 Å². The summed E-state index contributed by atoms with van der Waals surface area (Å²) in [6.07, 6.45) is 4.94. The largest absolute Gasteiger partial charge is 0.444 e. The van der Waals surface area contributed by atoms with Gasteiger partial charge in [-0.15, -0.1) is 0 Å². The fraction of sp³-hybridized carbons (Fsp3) is 0.769. The molecule has 0 saturated heterocycles. The van der Waals surface area contributed by atoms with Gasteiger partial charge in [0.2, 0.25) is 0 Å². The summed E-state index contributed by atoms with van der Waals surface area (Å²) in [4.78, 5) is 11.7. The third-order valence-corrected chi connectivity index (χ3v) is 3.52. The van der Waals surface area contributed by atoms with Crippen LogP contribution in [-0.4, -0.2) is 29.4 Å². The van der Waals surface area contributed by atoms with Crippen LogP contribution in [0.15, 0.2) is 12.2 Å². The summed E-state index contributed by atoms with van der Waals surface area (Å²) in [5, 5.41) is 12.3. The molecule has 0 heterocycles. The van der Waals surface area contributed by atoms with Crippen LogP contribution in [0, 0.1) is 17.8 Å². The summed E-state index contributed by atoms with van der Waals surface area (Å²) >= 11 is 0. The summed E-state index contributed by atoms with van der Waals surface area (Å²) in [6.45, 7) is 5.65. The lowest BCUT2D eigenvalue weighted by molar-refractivity contribution is 0.0465. The molecule has 2 rings (SSSR count). The lowest BCUT2D eigenvalue weighted by Gasteiger charge is -2.29. The zero-order valence-electron chi connectivity index (χ0n) is 10.6. The number of allylic oxidation sites excluding steroid dienone is 1. The summed E-state index contributed by atoms with van der Waals surface area (Å²) in [6, 6.07) is 0.0184. The van der Waals surface area contributed by atoms with E-state index in [1.807, 2.05) is 20.8 Å². The molecule has 0 aromatic carbocycles. The average molecular weight is 239 g/mol. The number of alkyl carbamates (subject to hydrolysis) is 1. The zero-order valence-corrected chi connectivity index (χ0v) is 10.6. The molecule has 0 aromatic rings. The second-order valence-corrected chi connectivity index (χ2v) is 5.97. The van der Waals surface area contributed by atoms with E-state index in [0.29, 0.717) is 11.8 Å². The average Bonchev–Trinajstić information content (AvgIpc) is 2.74. The maximum Gasteiger partial charge on any atom is 0.407 e. The molecule has 1 saturated carbocycles. The van der Waals surface area contributed by atoms with Crippen molar-refractivity contribution < 1.29 is 14.6 Å². The Kier molecular flexibility index (Phi) is 3.17. The van der Waals surface area contributed by atoms with Gasteiger partial charge in [-0.3, -0.25) is 0 Å². The molecule has 1 fully saturated rings. The molecule has 4 nitrogen and oxygen atoms in total. The van der Waals surface area contributed by atoms with Crippen molar-refractivity contribution in [3.05, 3.63) is 12.2 Å². The third-order valence-electron chi connectivity index (χ3n) is 3.52. The van der Waals surface area contributed by atoms with Crippen LogP contribution in [0.25, 0.3) is 0 Å². The van der Waals surface area contributed by atoms with E-state index in [9.17, 15) is 9.90 Å². The first-order chi connectivity index (χ1) is 7.90. The highest BCUT2D eigenvalue weighted by Gasteiger charge is 2.45. The van der Waals surface area contributed by atoms with Crippen molar-refractivity contribution in [3.8, 4) is 0 Å². The Morgan fingerprint density at radius 2 is 2.06 bits per heavy atom. The van der Waals surface area contributed by atoms with E-state index in [1.54, 1.807) is 0 Å². The fourth-order valence-electron chi connectivity index (χ4n) is 2.83. The number of aliphatic hydroxyl groups is 1. The molecule has 4 atom stereocenters. The maximum atomic E-state index is 11.7. The maximum absolute atomic E-state index is 11.7. The number of nitrogens with one attached hydrogen (secondary N) is 1. The molecule has 2 bridgehead atoms. The predicted octanol–water partition coefficient (Wildman–Crippen LogP) is 1.69. The quantitative estimate of drug-likeness (QED) is 0.721. The molecule has 2 aliphatic carbocycles. The van der Waals surface area contributed by atoms with Crippen molar-refractivity contribution in [2.75, 3.05) is 6.61 Å². The normalized spacial score (nSPS) is 35.1. The van der Waals surface area contributed by atoms with Crippen LogP contribution in [0.1, 0.15) is 27.2 Å². The zero-order chi connectivity index (χ0) is 12.6. The minimum Gasteiger partial charge on any atom is -0.444 e. The fourth-order valence-corrected chi connectivity index (χ4v) is 2.83. The molecule has 0 aliphatic heterocycles. The lowest BCUT2D eigenvalue weighted by Crippen LogP contribution is -2.46. The van der Waals surface area contributed by atoms with Crippen molar-refractivity contribution >= 4 is 6.09 Å². The molecule has 2 aliphatic rings. The van der Waals surface area contributed by atoms with Crippen LogP contribution < -0.4 is 5.32 Å². The Morgan fingerprint density at radius 3 is 2.65 bits per heavy atom. The number of amides is 1. The van der Waals surface area contributed by atoms with Crippen LogP contribution in [-0.2, 0) is 4.74 Å². The number of ether oxygens (including phenoxy) is 1. The van der Waals surface area contributed by atoms with E-state index in [0.717, 1.165) is 6.42 Å². The molecule has 96 valence electrons.